The Kier molecular flexibility index (Phi) is 3.07. The zero-order valence-electron chi connectivity index (χ0n) is 10.1. The second-order valence-corrected chi connectivity index (χ2v) is 4.67. The molecule has 1 aromatic heterocycles. The maximum Gasteiger partial charge on any atom is 0.186 e. The Morgan fingerprint density at radius 3 is 2.94 bits per heavy atom. The quantitative estimate of drug-likeness (QED) is 0.759. The van der Waals surface area contributed by atoms with E-state index >= 15 is 0 Å². The summed E-state index contributed by atoms with van der Waals surface area (Å²) < 4.78 is 5.36. The zero-order valence-corrected chi connectivity index (χ0v) is 10.1. The number of benzene rings is 1. The van der Waals surface area contributed by atoms with Gasteiger partial charge in [0.05, 0.1) is 12.1 Å². The lowest BCUT2D eigenvalue weighted by atomic mass is 9.95. The molecule has 0 radical (unpaired) electrons. The molecular weight excluding hydrogens is 226 g/mol. The Morgan fingerprint density at radius 1 is 1.22 bits per heavy atom. The third kappa shape index (κ3) is 2.14. The van der Waals surface area contributed by atoms with E-state index in [4.69, 9.17) is 4.74 Å². The highest BCUT2D eigenvalue weighted by molar-refractivity contribution is 5.98. The van der Waals surface area contributed by atoms with Gasteiger partial charge >= 0.3 is 0 Å². The molecule has 0 saturated carbocycles. The molecule has 2 heterocycles. The number of para-hydroxylation sites is 1. The van der Waals surface area contributed by atoms with E-state index < -0.39 is 0 Å². The van der Waals surface area contributed by atoms with Gasteiger partial charge in [-0.3, -0.25) is 4.79 Å². The van der Waals surface area contributed by atoms with Crippen molar-refractivity contribution < 1.29 is 9.53 Å². The van der Waals surface area contributed by atoms with Gasteiger partial charge in [-0.05, 0) is 25.0 Å². The van der Waals surface area contributed by atoms with Crippen molar-refractivity contribution >= 4 is 16.7 Å². The molecule has 1 aromatic carbocycles. The summed E-state index contributed by atoms with van der Waals surface area (Å²) in [6.07, 6.45) is 1.87. The van der Waals surface area contributed by atoms with Gasteiger partial charge in [0.25, 0.3) is 0 Å². The molecule has 0 amide bonds. The molecule has 1 unspecified atom stereocenters. The van der Waals surface area contributed by atoms with Crippen LogP contribution in [0, 0.1) is 5.92 Å². The molecule has 2 aromatic rings. The molecular formula is C15H15NO2. The van der Waals surface area contributed by atoms with E-state index in [1.807, 2.05) is 36.4 Å². The Labute approximate surface area is 106 Å². The Balaban J connectivity index is 1.91. The average molecular weight is 241 g/mol. The van der Waals surface area contributed by atoms with Crippen molar-refractivity contribution in [2.45, 2.75) is 12.8 Å². The number of fused-ring (bicyclic) bond motifs is 1. The molecule has 3 heteroatoms. The Hall–Kier alpha value is -1.74. The monoisotopic (exact) mass is 241 g/mol. The SMILES string of the molecule is O=C(c1ccc2ccccc2n1)C1CCCOC1. The molecule has 18 heavy (non-hydrogen) atoms. The fourth-order valence-electron chi connectivity index (χ4n) is 2.36. The van der Waals surface area contributed by atoms with Crippen LogP contribution in [0.2, 0.25) is 0 Å². The predicted molar refractivity (Wildman–Crippen MR) is 69.6 cm³/mol. The van der Waals surface area contributed by atoms with Gasteiger partial charge in [-0.2, -0.15) is 0 Å². The number of carbonyl (C=O) groups is 1. The summed E-state index contributed by atoms with van der Waals surface area (Å²) >= 11 is 0. The van der Waals surface area contributed by atoms with Crippen LogP contribution in [0.4, 0.5) is 0 Å². The number of hydrogen-bond donors (Lipinski definition) is 0. The molecule has 0 aliphatic carbocycles. The highest BCUT2D eigenvalue weighted by Gasteiger charge is 2.23. The number of pyridine rings is 1. The minimum absolute atomic E-state index is 0.0209. The van der Waals surface area contributed by atoms with Crippen molar-refractivity contribution in [2.75, 3.05) is 13.2 Å². The fraction of sp³-hybridized carbons (Fsp3) is 0.333. The molecule has 1 aliphatic heterocycles. The number of carbonyl (C=O) groups excluding carboxylic acids is 1. The lowest BCUT2D eigenvalue weighted by molar-refractivity contribution is 0.0458. The van der Waals surface area contributed by atoms with Crippen molar-refractivity contribution in [3.8, 4) is 0 Å². The van der Waals surface area contributed by atoms with Gasteiger partial charge in [0.1, 0.15) is 5.69 Å². The lowest BCUT2D eigenvalue weighted by Crippen LogP contribution is -2.25. The first-order valence-corrected chi connectivity index (χ1v) is 6.32. The van der Waals surface area contributed by atoms with E-state index in [2.05, 4.69) is 4.98 Å². The summed E-state index contributed by atoms with van der Waals surface area (Å²) in [6.45, 7) is 1.31. The van der Waals surface area contributed by atoms with Gasteiger partial charge < -0.3 is 4.74 Å². The predicted octanol–water partition coefficient (Wildman–Crippen LogP) is 2.84. The number of nitrogens with zero attached hydrogens (tertiary/aromatic N) is 1. The summed E-state index contributed by atoms with van der Waals surface area (Å²) in [5.41, 5.74) is 1.43. The average Bonchev–Trinajstić information content (AvgIpc) is 2.47. The summed E-state index contributed by atoms with van der Waals surface area (Å²) in [5.74, 6) is 0.0906. The first kappa shape index (κ1) is 11.4. The van der Waals surface area contributed by atoms with Crippen LogP contribution in [0.5, 0.6) is 0 Å². The number of Topliss-reactive ketones (excluding diaryl/α,β-unsaturated/α-hetero) is 1. The van der Waals surface area contributed by atoms with E-state index in [-0.39, 0.29) is 11.7 Å². The van der Waals surface area contributed by atoms with E-state index in [0.29, 0.717) is 12.3 Å². The minimum Gasteiger partial charge on any atom is -0.381 e. The van der Waals surface area contributed by atoms with Crippen molar-refractivity contribution in [3.05, 3.63) is 42.1 Å². The second-order valence-electron chi connectivity index (χ2n) is 4.67. The van der Waals surface area contributed by atoms with E-state index in [1.54, 1.807) is 0 Å². The van der Waals surface area contributed by atoms with Crippen LogP contribution < -0.4 is 0 Å². The van der Waals surface area contributed by atoms with Crippen LogP contribution in [-0.2, 0) is 4.74 Å². The first-order valence-electron chi connectivity index (χ1n) is 6.32. The molecule has 1 aliphatic rings. The summed E-state index contributed by atoms with van der Waals surface area (Å²) in [4.78, 5) is 16.7. The molecule has 1 saturated heterocycles. The molecule has 0 spiro atoms. The Bertz CT molecular complexity index is 573. The van der Waals surface area contributed by atoms with Crippen molar-refractivity contribution in [2.24, 2.45) is 5.92 Å². The maximum atomic E-state index is 12.3. The maximum absolute atomic E-state index is 12.3. The highest BCUT2D eigenvalue weighted by atomic mass is 16.5. The smallest absolute Gasteiger partial charge is 0.186 e. The summed E-state index contributed by atoms with van der Waals surface area (Å²) in [7, 11) is 0. The third-order valence-corrected chi connectivity index (χ3v) is 3.38. The fourth-order valence-corrected chi connectivity index (χ4v) is 2.36. The highest BCUT2D eigenvalue weighted by Crippen LogP contribution is 2.20. The number of rotatable bonds is 2. The number of ketones is 1. The van der Waals surface area contributed by atoms with E-state index in [9.17, 15) is 4.79 Å². The molecule has 3 nitrogen and oxygen atoms in total. The van der Waals surface area contributed by atoms with Crippen LogP contribution in [0.25, 0.3) is 10.9 Å². The topological polar surface area (TPSA) is 39.2 Å². The van der Waals surface area contributed by atoms with Crippen LogP contribution in [0.15, 0.2) is 36.4 Å². The van der Waals surface area contributed by atoms with Gasteiger partial charge in [-0.15, -0.1) is 0 Å². The second kappa shape index (κ2) is 4.86. The molecule has 0 N–H and O–H groups in total. The molecule has 92 valence electrons. The van der Waals surface area contributed by atoms with Gasteiger partial charge in [0, 0.05) is 17.9 Å². The van der Waals surface area contributed by atoms with Crippen LogP contribution in [0.1, 0.15) is 23.3 Å². The van der Waals surface area contributed by atoms with Gasteiger partial charge in [0.2, 0.25) is 0 Å². The number of ether oxygens (including phenoxy) is 1. The first-order chi connectivity index (χ1) is 8.84. The molecule has 1 fully saturated rings. The number of aromatic nitrogens is 1. The van der Waals surface area contributed by atoms with E-state index in [0.717, 1.165) is 30.4 Å². The van der Waals surface area contributed by atoms with Gasteiger partial charge in [-0.25, -0.2) is 4.98 Å². The Morgan fingerprint density at radius 2 is 2.11 bits per heavy atom. The van der Waals surface area contributed by atoms with Crippen LogP contribution >= 0.6 is 0 Å². The minimum atomic E-state index is -0.0209. The molecule has 0 bridgehead atoms. The van der Waals surface area contributed by atoms with Crippen molar-refractivity contribution in [1.29, 1.82) is 0 Å². The lowest BCUT2D eigenvalue weighted by Gasteiger charge is -2.20. The van der Waals surface area contributed by atoms with E-state index in [1.165, 1.54) is 0 Å². The summed E-state index contributed by atoms with van der Waals surface area (Å²) in [6, 6.07) is 11.6. The van der Waals surface area contributed by atoms with Gasteiger partial charge in [0.15, 0.2) is 5.78 Å². The van der Waals surface area contributed by atoms with Gasteiger partial charge in [-0.1, -0.05) is 24.3 Å². The normalized spacial score (nSPS) is 19.9. The standard InChI is InChI=1S/C15H15NO2/c17-15(12-5-3-9-18-10-12)14-8-7-11-4-1-2-6-13(11)16-14/h1-2,4,6-8,12H,3,5,9-10H2. The molecule has 1 atom stereocenters. The largest absolute Gasteiger partial charge is 0.381 e. The van der Waals surface area contributed by atoms with Crippen molar-refractivity contribution in [1.82, 2.24) is 4.98 Å². The van der Waals surface area contributed by atoms with Crippen LogP contribution in [-0.4, -0.2) is 24.0 Å². The zero-order chi connectivity index (χ0) is 12.4. The van der Waals surface area contributed by atoms with Crippen molar-refractivity contribution in [3.63, 3.8) is 0 Å². The third-order valence-electron chi connectivity index (χ3n) is 3.38. The van der Waals surface area contributed by atoms with Crippen LogP contribution in [0.3, 0.4) is 0 Å². The molecule has 3 rings (SSSR count). The summed E-state index contributed by atoms with van der Waals surface area (Å²) in [5, 5.41) is 1.06. The number of hydrogen-bond acceptors (Lipinski definition) is 3.